The zero-order valence-corrected chi connectivity index (χ0v) is 10.7. The van der Waals surface area contributed by atoms with Crippen LogP contribution in [0.5, 0.6) is 5.75 Å². The van der Waals surface area contributed by atoms with Crippen LogP contribution in [0, 0.1) is 6.92 Å². The number of aryl methyl sites for hydroxylation is 1. The van der Waals surface area contributed by atoms with Crippen LogP contribution < -0.4 is 5.43 Å². The van der Waals surface area contributed by atoms with Crippen LogP contribution in [-0.2, 0) is 0 Å². The molecule has 0 spiro atoms. The second-order valence-electron chi connectivity index (χ2n) is 4.07. The van der Waals surface area contributed by atoms with Crippen LogP contribution in [-0.4, -0.2) is 16.7 Å². The van der Waals surface area contributed by atoms with E-state index in [0.29, 0.717) is 11.5 Å². The Morgan fingerprint density at radius 1 is 1.26 bits per heavy atom. The molecule has 1 aromatic heterocycles. The Labute approximate surface area is 110 Å². The van der Waals surface area contributed by atoms with Gasteiger partial charge in [0.05, 0.1) is 5.56 Å². The number of hydrogen-bond donors (Lipinski definition) is 2. The van der Waals surface area contributed by atoms with E-state index in [2.05, 4.69) is 10.5 Å². The first-order valence-corrected chi connectivity index (χ1v) is 5.77. The molecule has 0 unspecified atom stereocenters. The molecule has 98 valence electrons. The van der Waals surface area contributed by atoms with Crippen LogP contribution in [0.4, 0.5) is 0 Å². The smallest absolute Gasteiger partial charge is 0.275 e. The average Bonchev–Trinajstić information content (AvgIpc) is 2.83. The normalized spacial score (nSPS) is 11.4. The fourth-order valence-corrected chi connectivity index (χ4v) is 1.54. The summed E-state index contributed by atoms with van der Waals surface area (Å²) in [5.41, 5.74) is 3.10. The number of phenols is 1. The molecule has 0 bridgehead atoms. The van der Waals surface area contributed by atoms with Crippen LogP contribution >= 0.6 is 0 Å². The fraction of sp³-hybridized carbons (Fsp3) is 0.143. The van der Waals surface area contributed by atoms with Crippen LogP contribution in [0.1, 0.15) is 28.8 Å². The van der Waals surface area contributed by atoms with Gasteiger partial charge in [-0.1, -0.05) is 12.1 Å². The summed E-state index contributed by atoms with van der Waals surface area (Å²) in [7, 11) is 0. The van der Waals surface area contributed by atoms with E-state index < -0.39 is 5.91 Å². The number of furan rings is 1. The summed E-state index contributed by atoms with van der Waals surface area (Å²) in [5, 5.41) is 13.5. The van der Waals surface area contributed by atoms with Gasteiger partial charge in [-0.3, -0.25) is 4.79 Å². The molecule has 2 aromatic rings. The summed E-state index contributed by atoms with van der Waals surface area (Å²) in [5.74, 6) is 0.814. The summed E-state index contributed by atoms with van der Waals surface area (Å²) in [6.07, 6.45) is 0. The number of aromatic hydroxyl groups is 1. The molecular formula is C14H14N2O3. The number of hydrazone groups is 1. The first-order chi connectivity index (χ1) is 9.08. The lowest BCUT2D eigenvalue weighted by atomic mass is 10.2. The lowest BCUT2D eigenvalue weighted by Gasteiger charge is -2.03. The fourth-order valence-electron chi connectivity index (χ4n) is 1.54. The van der Waals surface area contributed by atoms with Gasteiger partial charge in [0.25, 0.3) is 5.91 Å². The minimum absolute atomic E-state index is 0.0818. The van der Waals surface area contributed by atoms with Gasteiger partial charge in [-0.15, -0.1) is 0 Å². The maximum absolute atomic E-state index is 11.8. The largest absolute Gasteiger partial charge is 0.507 e. The molecule has 0 aliphatic rings. The minimum Gasteiger partial charge on any atom is -0.507 e. The SMILES string of the molecule is CC(=NNC(=O)c1ccccc1O)c1ccc(C)o1. The molecule has 0 fully saturated rings. The third kappa shape index (κ3) is 3.01. The molecule has 1 heterocycles. The Morgan fingerprint density at radius 2 is 2.00 bits per heavy atom. The van der Waals surface area contributed by atoms with Crippen molar-refractivity contribution in [3.05, 3.63) is 53.5 Å². The predicted molar refractivity (Wildman–Crippen MR) is 71.2 cm³/mol. The summed E-state index contributed by atoms with van der Waals surface area (Å²) >= 11 is 0. The van der Waals surface area contributed by atoms with E-state index in [4.69, 9.17) is 4.42 Å². The topological polar surface area (TPSA) is 74.8 Å². The number of amides is 1. The third-order valence-corrected chi connectivity index (χ3v) is 2.57. The van der Waals surface area contributed by atoms with Gasteiger partial charge >= 0.3 is 0 Å². The molecule has 0 saturated carbocycles. The molecule has 1 amide bonds. The highest BCUT2D eigenvalue weighted by atomic mass is 16.3. The Balaban J connectivity index is 2.10. The van der Waals surface area contributed by atoms with Gasteiger partial charge in [-0.05, 0) is 38.1 Å². The Bertz CT molecular complexity index is 629. The van der Waals surface area contributed by atoms with E-state index in [1.54, 1.807) is 25.1 Å². The van der Waals surface area contributed by atoms with E-state index >= 15 is 0 Å². The van der Waals surface area contributed by atoms with Gasteiger partial charge in [0.15, 0.2) is 0 Å². The van der Waals surface area contributed by atoms with Gasteiger partial charge in [-0.2, -0.15) is 5.10 Å². The number of carbonyl (C=O) groups is 1. The predicted octanol–water partition coefficient (Wildman–Crippen LogP) is 2.45. The van der Waals surface area contributed by atoms with Crippen LogP contribution in [0.3, 0.4) is 0 Å². The molecular weight excluding hydrogens is 244 g/mol. The molecule has 0 aliphatic carbocycles. The summed E-state index contributed by atoms with van der Waals surface area (Å²) in [6.45, 7) is 3.56. The van der Waals surface area contributed by atoms with E-state index in [0.717, 1.165) is 5.76 Å². The lowest BCUT2D eigenvalue weighted by molar-refractivity contribution is 0.0952. The zero-order valence-electron chi connectivity index (χ0n) is 10.7. The molecule has 0 saturated heterocycles. The van der Waals surface area contributed by atoms with Crippen molar-refractivity contribution in [1.82, 2.24) is 5.43 Å². The molecule has 2 rings (SSSR count). The number of nitrogens with one attached hydrogen (secondary N) is 1. The zero-order chi connectivity index (χ0) is 13.8. The second-order valence-corrected chi connectivity index (χ2v) is 4.07. The highest BCUT2D eigenvalue weighted by Crippen LogP contribution is 2.15. The van der Waals surface area contributed by atoms with Gasteiger partial charge in [0, 0.05) is 0 Å². The number of hydrogen-bond acceptors (Lipinski definition) is 4. The second kappa shape index (κ2) is 5.39. The highest BCUT2D eigenvalue weighted by Gasteiger charge is 2.10. The van der Waals surface area contributed by atoms with Gasteiger partial charge in [0.2, 0.25) is 0 Å². The van der Waals surface area contributed by atoms with E-state index in [1.807, 2.05) is 13.0 Å². The quantitative estimate of drug-likeness (QED) is 0.656. The van der Waals surface area contributed by atoms with Gasteiger partial charge < -0.3 is 9.52 Å². The standard InChI is InChI=1S/C14H14N2O3/c1-9-7-8-13(19-9)10(2)15-16-14(18)11-5-3-4-6-12(11)17/h3-8,17H,1-2H3,(H,16,18). The van der Waals surface area contributed by atoms with Gasteiger partial charge in [0.1, 0.15) is 23.0 Å². The monoisotopic (exact) mass is 258 g/mol. The maximum Gasteiger partial charge on any atom is 0.275 e. The summed E-state index contributed by atoms with van der Waals surface area (Å²) in [6, 6.07) is 9.88. The Hall–Kier alpha value is -2.56. The summed E-state index contributed by atoms with van der Waals surface area (Å²) < 4.78 is 5.38. The number of rotatable bonds is 3. The molecule has 1 aromatic carbocycles. The number of nitrogens with zero attached hydrogens (tertiary/aromatic N) is 1. The van der Waals surface area contributed by atoms with Crippen molar-refractivity contribution in [1.29, 1.82) is 0 Å². The van der Waals surface area contributed by atoms with Crippen molar-refractivity contribution in [3.8, 4) is 5.75 Å². The number of phenolic OH excluding ortho intramolecular Hbond substituents is 1. The Morgan fingerprint density at radius 3 is 2.63 bits per heavy atom. The van der Waals surface area contributed by atoms with Crippen molar-refractivity contribution in [2.45, 2.75) is 13.8 Å². The van der Waals surface area contributed by atoms with Crippen LogP contribution in [0.2, 0.25) is 0 Å². The first kappa shape index (κ1) is 12.9. The van der Waals surface area contributed by atoms with Crippen molar-refractivity contribution < 1.29 is 14.3 Å². The van der Waals surface area contributed by atoms with E-state index in [9.17, 15) is 9.90 Å². The first-order valence-electron chi connectivity index (χ1n) is 5.77. The highest BCUT2D eigenvalue weighted by molar-refractivity contribution is 6.00. The number of carbonyl (C=O) groups excluding carboxylic acids is 1. The minimum atomic E-state index is -0.472. The van der Waals surface area contributed by atoms with E-state index in [-0.39, 0.29) is 11.3 Å². The van der Waals surface area contributed by atoms with Crippen LogP contribution in [0.25, 0.3) is 0 Å². The van der Waals surface area contributed by atoms with Crippen LogP contribution in [0.15, 0.2) is 45.9 Å². The van der Waals surface area contributed by atoms with Gasteiger partial charge in [-0.25, -0.2) is 5.43 Å². The third-order valence-electron chi connectivity index (χ3n) is 2.57. The molecule has 5 nitrogen and oxygen atoms in total. The maximum atomic E-state index is 11.8. The molecule has 5 heteroatoms. The Kier molecular flexibility index (Phi) is 3.66. The molecule has 0 atom stereocenters. The van der Waals surface area contributed by atoms with E-state index in [1.165, 1.54) is 12.1 Å². The molecule has 0 aliphatic heterocycles. The van der Waals surface area contributed by atoms with Crippen molar-refractivity contribution in [3.63, 3.8) is 0 Å². The molecule has 0 radical (unpaired) electrons. The molecule has 2 N–H and O–H groups in total. The van der Waals surface area contributed by atoms with Crippen molar-refractivity contribution in [2.75, 3.05) is 0 Å². The van der Waals surface area contributed by atoms with Crippen molar-refractivity contribution >= 4 is 11.6 Å². The molecule has 19 heavy (non-hydrogen) atoms. The number of benzene rings is 1. The average molecular weight is 258 g/mol. The van der Waals surface area contributed by atoms with Crippen molar-refractivity contribution in [2.24, 2.45) is 5.10 Å². The summed E-state index contributed by atoms with van der Waals surface area (Å²) in [4.78, 5) is 11.8. The number of para-hydroxylation sites is 1. The lowest BCUT2D eigenvalue weighted by Crippen LogP contribution is -2.19.